The van der Waals surface area contributed by atoms with Crippen LogP contribution >= 0.6 is 0 Å². The first-order valence-corrected chi connectivity index (χ1v) is 13.9. The summed E-state index contributed by atoms with van der Waals surface area (Å²) in [5.41, 5.74) is 9.27. The lowest BCUT2D eigenvalue weighted by molar-refractivity contribution is -0.693. The molecule has 0 unspecified atom stereocenters. The van der Waals surface area contributed by atoms with Crippen LogP contribution < -0.4 is 26.4 Å². The van der Waals surface area contributed by atoms with Crippen LogP contribution in [0, 0.1) is 0 Å². The van der Waals surface area contributed by atoms with Crippen LogP contribution in [0.15, 0.2) is 136 Å². The Morgan fingerprint density at radius 2 is 1.33 bits per heavy atom. The molecule has 42 heavy (non-hydrogen) atoms. The number of aromatic nitrogens is 2. The van der Waals surface area contributed by atoms with Gasteiger partial charge in [-0.1, -0.05) is 60.7 Å². The molecule has 0 fully saturated rings. The Morgan fingerprint density at radius 3 is 1.88 bits per heavy atom. The summed E-state index contributed by atoms with van der Waals surface area (Å²) in [7, 11) is 2.04. The van der Waals surface area contributed by atoms with Crippen molar-refractivity contribution in [1.82, 2.24) is 4.57 Å². The van der Waals surface area contributed by atoms with Crippen LogP contribution in [0.5, 0.6) is 0 Å². The topological polar surface area (TPSA) is 61.5 Å². The Balaban J connectivity index is 0.00000353. The Bertz CT molecular complexity index is 1690. The van der Waals surface area contributed by atoms with Crippen LogP contribution in [-0.4, -0.2) is 29.6 Å². The molecule has 8 heteroatoms. The monoisotopic (exact) mass is 617 g/mol. The first kappa shape index (κ1) is 28.8. The summed E-state index contributed by atoms with van der Waals surface area (Å²) in [6, 6.07) is 32.7. The van der Waals surface area contributed by atoms with Crippen molar-refractivity contribution in [3.63, 3.8) is 0 Å². The molecule has 0 saturated heterocycles. The molecule has 0 amide bonds. The van der Waals surface area contributed by atoms with Crippen LogP contribution in [0.2, 0.25) is 0 Å². The van der Waals surface area contributed by atoms with Crippen molar-refractivity contribution in [3.05, 3.63) is 132 Å². The molecule has 0 N–H and O–H groups in total. The van der Waals surface area contributed by atoms with E-state index in [9.17, 15) is 0 Å². The van der Waals surface area contributed by atoms with Gasteiger partial charge in [-0.3, -0.25) is 0 Å². The van der Waals surface area contributed by atoms with Gasteiger partial charge >= 0.3 is 0 Å². The maximum Gasteiger partial charge on any atom is 0.243 e. The number of fused-ring (bicyclic) bond motifs is 3. The molecule has 7 nitrogen and oxygen atoms in total. The molecule has 0 aliphatic heterocycles. The number of hydrogen-bond donors (Lipinski definition) is 0. The Kier molecular flexibility index (Phi) is 9.14. The number of nitrogens with zero attached hydrogens (tertiary/aromatic N) is 7. The normalized spacial score (nSPS) is 11.9. The van der Waals surface area contributed by atoms with Crippen molar-refractivity contribution >= 4 is 29.0 Å². The largest absolute Gasteiger partial charge is 1.00 e. The van der Waals surface area contributed by atoms with Gasteiger partial charge < -0.3 is 21.9 Å². The fraction of sp³-hybridized carbons (Fsp3) is 0.147. The quantitative estimate of drug-likeness (QED) is 0.104. The third-order valence-electron chi connectivity index (χ3n) is 7.24. The van der Waals surface area contributed by atoms with E-state index in [0.717, 1.165) is 53.4 Å². The highest BCUT2D eigenvalue weighted by molar-refractivity contribution is 6.24. The summed E-state index contributed by atoms with van der Waals surface area (Å²) in [6.07, 6.45) is 8.02. The predicted octanol–water partition coefficient (Wildman–Crippen LogP) is 4.11. The van der Waals surface area contributed by atoms with Gasteiger partial charge in [0.15, 0.2) is 0 Å². The minimum absolute atomic E-state index is 0. The summed E-state index contributed by atoms with van der Waals surface area (Å²) in [4.78, 5) is 2.36. The first-order valence-electron chi connectivity index (χ1n) is 13.9. The van der Waals surface area contributed by atoms with Crippen LogP contribution in [0.4, 0.5) is 17.1 Å². The van der Waals surface area contributed by atoms with E-state index < -0.39 is 0 Å². The summed E-state index contributed by atoms with van der Waals surface area (Å²) in [5, 5.41) is 17.8. The van der Waals surface area contributed by atoms with Gasteiger partial charge in [-0.25, -0.2) is 9.13 Å². The second-order valence-corrected chi connectivity index (χ2v) is 9.99. The summed E-state index contributed by atoms with van der Waals surface area (Å²) < 4.78 is 4.26. The summed E-state index contributed by atoms with van der Waals surface area (Å²) in [5.74, 6) is 0. The smallest absolute Gasteiger partial charge is 0.243 e. The third-order valence-corrected chi connectivity index (χ3v) is 7.24. The number of imidazole rings is 1. The highest BCUT2D eigenvalue weighted by Gasteiger charge is 2.23. The van der Waals surface area contributed by atoms with E-state index in [1.54, 1.807) is 6.21 Å². The van der Waals surface area contributed by atoms with E-state index in [1.165, 1.54) is 16.8 Å². The molecule has 1 aliphatic carbocycles. The van der Waals surface area contributed by atoms with Crippen molar-refractivity contribution in [2.24, 2.45) is 27.5 Å². The number of anilines is 1. The molecule has 0 bridgehead atoms. The minimum atomic E-state index is 0. The standard InChI is InChI=1S/C34H32N7.BrH/c1-3-41(23-22-40-21-20-39(2)25-40)29-18-16-28(17-19-29)37-36-27-14-12-26(13-15-27)24-35-38-34-32-10-6-4-8-30(32)31-9-5-7-11-33(31)34;/h4-21,24-25H,3,22-23H2,1-2H3;1H/q+1;/p-1/b35-24+,37-36+;. The van der Waals surface area contributed by atoms with E-state index in [2.05, 4.69) is 109 Å². The van der Waals surface area contributed by atoms with Crippen LogP contribution in [0.1, 0.15) is 23.6 Å². The maximum absolute atomic E-state index is 4.59. The number of hydrogen-bond acceptors (Lipinski definition) is 5. The van der Waals surface area contributed by atoms with Gasteiger partial charge in [0.2, 0.25) is 6.33 Å². The zero-order valence-corrected chi connectivity index (χ0v) is 25.3. The Morgan fingerprint density at radius 1 is 0.762 bits per heavy atom. The average Bonchev–Trinajstić information content (AvgIpc) is 3.58. The number of halogens is 1. The molecule has 0 spiro atoms. The molecule has 0 atom stereocenters. The lowest BCUT2D eigenvalue weighted by Crippen LogP contribution is -3.00. The lowest BCUT2D eigenvalue weighted by Gasteiger charge is -2.22. The van der Waals surface area contributed by atoms with Crippen LogP contribution in [0.25, 0.3) is 11.1 Å². The molecule has 4 aromatic carbocycles. The minimum Gasteiger partial charge on any atom is -1.00 e. The number of likely N-dealkylation sites (N-methyl/N-ethyl adjacent to an activating group) is 1. The van der Waals surface area contributed by atoms with Crippen molar-refractivity contribution in [2.45, 2.75) is 13.5 Å². The highest BCUT2D eigenvalue weighted by Crippen LogP contribution is 2.36. The van der Waals surface area contributed by atoms with Crippen molar-refractivity contribution < 1.29 is 21.5 Å². The zero-order chi connectivity index (χ0) is 28.0. The van der Waals surface area contributed by atoms with Gasteiger partial charge in [0.25, 0.3) is 0 Å². The summed E-state index contributed by atoms with van der Waals surface area (Å²) in [6.45, 7) is 5.00. The molecule has 1 heterocycles. The fourth-order valence-corrected chi connectivity index (χ4v) is 5.07. The van der Waals surface area contributed by atoms with Gasteiger partial charge in [-0.15, -0.1) is 5.10 Å². The van der Waals surface area contributed by atoms with Crippen LogP contribution in [-0.2, 0) is 13.6 Å². The molecule has 0 saturated carbocycles. The Hall–Kier alpha value is -4.69. The second-order valence-electron chi connectivity index (χ2n) is 9.99. The molecular weight excluding hydrogens is 586 g/mol. The van der Waals surface area contributed by atoms with E-state index in [0.29, 0.717) is 0 Å². The molecular formula is C34H32BrN7. The third kappa shape index (κ3) is 6.44. The molecule has 6 rings (SSSR count). The van der Waals surface area contributed by atoms with Crippen molar-refractivity contribution in [2.75, 3.05) is 18.0 Å². The zero-order valence-electron chi connectivity index (χ0n) is 23.7. The van der Waals surface area contributed by atoms with Gasteiger partial charge in [0.1, 0.15) is 24.7 Å². The van der Waals surface area contributed by atoms with Gasteiger partial charge in [0, 0.05) is 23.4 Å². The average molecular weight is 619 g/mol. The molecule has 1 aliphatic rings. The van der Waals surface area contributed by atoms with Crippen LogP contribution in [0.3, 0.4) is 0 Å². The van der Waals surface area contributed by atoms with Gasteiger partial charge in [0.05, 0.1) is 31.2 Å². The molecule has 210 valence electrons. The molecule has 5 aromatic rings. The van der Waals surface area contributed by atoms with Gasteiger partial charge in [-0.2, -0.15) is 15.3 Å². The van der Waals surface area contributed by atoms with E-state index in [1.807, 2.05) is 55.6 Å². The fourth-order valence-electron chi connectivity index (χ4n) is 5.07. The van der Waals surface area contributed by atoms with E-state index in [-0.39, 0.29) is 17.0 Å². The molecule has 1 aromatic heterocycles. The SMILES string of the molecule is CCN(CC[n+]1ccn(C)c1)c1ccc(/N=N/c2ccc(/C=N/N=C3c4ccccc4-c4ccccc43)cc2)cc1.[Br-]. The first-order chi connectivity index (χ1) is 20.2. The van der Waals surface area contributed by atoms with Crippen molar-refractivity contribution in [1.29, 1.82) is 0 Å². The molecule has 0 radical (unpaired) electrons. The number of azo groups is 1. The summed E-state index contributed by atoms with van der Waals surface area (Å²) >= 11 is 0. The number of rotatable bonds is 9. The van der Waals surface area contributed by atoms with Gasteiger partial charge in [-0.05, 0) is 60.0 Å². The second kappa shape index (κ2) is 13.3. The lowest BCUT2D eigenvalue weighted by atomic mass is 10.1. The maximum atomic E-state index is 4.59. The van der Waals surface area contributed by atoms with Crippen molar-refractivity contribution in [3.8, 4) is 11.1 Å². The van der Waals surface area contributed by atoms with E-state index >= 15 is 0 Å². The predicted molar refractivity (Wildman–Crippen MR) is 166 cm³/mol. The van der Waals surface area contributed by atoms with E-state index in [4.69, 9.17) is 0 Å². The Labute approximate surface area is 257 Å². The highest BCUT2D eigenvalue weighted by atomic mass is 79.9. The number of benzene rings is 4. The number of aryl methyl sites for hydroxylation is 1.